The Balaban J connectivity index is 0.938. The summed E-state index contributed by atoms with van der Waals surface area (Å²) >= 11 is 0. The molecule has 0 aromatic heterocycles. The molecule has 1 saturated heterocycles. The van der Waals surface area contributed by atoms with Crippen LogP contribution in [0.3, 0.4) is 0 Å². The van der Waals surface area contributed by atoms with Crippen molar-refractivity contribution in [2.45, 2.75) is 94.7 Å². The molecule has 9 aliphatic rings. The van der Waals surface area contributed by atoms with Crippen LogP contribution < -0.4 is 0 Å². The van der Waals surface area contributed by atoms with Crippen molar-refractivity contribution in [3.8, 4) is 0 Å². The van der Waals surface area contributed by atoms with Crippen molar-refractivity contribution in [1.29, 1.82) is 0 Å². The average Bonchev–Trinajstić information content (AvgIpc) is 3.71. The summed E-state index contributed by atoms with van der Waals surface area (Å²) in [6.45, 7) is 0. The van der Waals surface area contributed by atoms with Gasteiger partial charge in [0.15, 0.2) is 0 Å². The van der Waals surface area contributed by atoms with Gasteiger partial charge in [0.25, 0.3) is 0 Å². The second kappa shape index (κ2) is 12.8. The summed E-state index contributed by atoms with van der Waals surface area (Å²) in [6, 6.07) is 12.7. The van der Waals surface area contributed by atoms with E-state index < -0.39 is 0 Å². The highest BCUT2D eigenvalue weighted by Crippen LogP contribution is 2.52. The molecule has 252 valence electrons. The van der Waals surface area contributed by atoms with Crippen molar-refractivity contribution in [3.63, 3.8) is 0 Å². The molecule has 7 atom stereocenters. The van der Waals surface area contributed by atoms with Crippen LogP contribution in [0.2, 0.25) is 0 Å². The van der Waals surface area contributed by atoms with Crippen molar-refractivity contribution in [2.24, 2.45) is 17.8 Å². The molecule has 0 saturated carbocycles. The fraction of sp³-hybridized carbons (Fsp3) is 0.375. The number of likely N-dealkylation sites (tertiary alicyclic amines) is 1. The molecule has 2 heteroatoms. The second-order valence-electron chi connectivity index (χ2n) is 15.9. The maximum absolute atomic E-state index is 2.89. The molecular weight excluding hydrogens is 605 g/mol. The summed E-state index contributed by atoms with van der Waals surface area (Å²) in [5.74, 6) is 2.17. The van der Waals surface area contributed by atoms with E-state index in [9.17, 15) is 0 Å². The Morgan fingerprint density at radius 3 is 2.46 bits per heavy atom. The predicted molar refractivity (Wildman–Crippen MR) is 207 cm³/mol. The number of nitrogens with zero attached hydrogens (tertiary/aromatic N) is 2. The average molecular weight is 655 g/mol. The van der Waals surface area contributed by atoms with Crippen molar-refractivity contribution in [3.05, 3.63) is 178 Å². The van der Waals surface area contributed by atoms with Gasteiger partial charge in [-0.25, -0.2) is 0 Å². The molecule has 7 unspecified atom stereocenters. The zero-order chi connectivity index (χ0) is 33.0. The summed E-state index contributed by atoms with van der Waals surface area (Å²) in [7, 11) is 0. The highest BCUT2D eigenvalue weighted by atomic mass is 15.2. The molecule has 7 aliphatic carbocycles. The van der Waals surface area contributed by atoms with Crippen molar-refractivity contribution < 1.29 is 0 Å². The summed E-state index contributed by atoms with van der Waals surface area (Å²) in [4.78, 5) is 5.66. The van der Waals surface area contributed by atoms with E-state index in [1.54, 1.807) is 22.4 Å². The Hall–Kier alpha value is -4.30. The Kier molecular flexibility index (Phi) is 7.81. The van der Waals surface area contributed by atoms with Crippen LogP contribution in [0, 0.1) is 17.8 Å². The molecule has 50 heavy (non-hydrogen) atoms. The minimum atomic E-state index is 0.408. The van der Waals surface area contributed by atoms with Crippen LogP contribution >= 0.6 is 0 Å². The standard InChI is InChI=1S/C48H50N2/c1-3-12-33(13-4-1)35-22-26-39(27-23-35)49-45-20-9-7-18-41(45)43-31-37(24-28-47(43)49)38-25-29-48-44(32-38)42-19-8-10-21-46(42)50(48)40-17-11-16-36(30-40)34-14-5-2-6-15-34/h1-5,7-8,10,12-14,16,18-19,21-22,26-27,30-32,35,41-43,45-47H,6,9,11,15,17,20,23-25,28-29H2. The largest absolute Gasteiger partial charge is 0.365 e. The molecule has 0 spiro atoms. The zero-order valence-corrected chi connectivity index (χ0v) is 29.3. The lowest BCUT2D eigenvalue weighted by Gasteiger charge is -2.38. The molecule has 10 rings (SSSR count). The molecule has 2 aliphatic heterocycles. The molecule has 2 nitrogen and oxygen atoms in total. The molecule has 0 N–H and O–H groups in total. The molecule has 1 aromatic rings. The van der Waals surface area contributed by atoms with Gasteiger partial charge in [-0.1, -0.05) is 115 Å². The van der Waals surface area contributed by atoms with E-state index in [0.717, 1.165) is 38.5 Å². The van der Waals surface area contributed by atoms with E-state index in [-0.39, 0.29) is 0 Å². The Labute approximate surface area is 299 Å². The predicted octanol–water partition coefficient (Wildman–Crippen LogP) is 11.3. The van der Waals surface area contributed by atoms with Gasteiger partial charge in [0.05, 0.1) is 6.04 Å². The van der Waals surface area contributed by atoms with Gasteiger partial charge in [-0.2, -0.15) is 0 Å². The number of rotatable bonds is 5. The van der Waals surface area contributed by atoms with Gasteiger partial charge < -0.3 is 9.80 Å². The Morgan fingerprint density at radius 1 is 0.660 bits per heavy atom. The third kappa shape index (κ3) is 5.21. The van der Waals surface area contributed by atoms with Crippen LogP contribution in [0.25, 0.3) is 0 Å². The van der Waals surface area contributed by atoms with Gasteiger partial charge in [-0.3, -0.25) is 0 Å². The van der Waals surface area contributed by atoms with Crippen LogP contribution in [-0.4, -0.2) is 27.9 Å². The Morgan fingerprint density at radius 2 is 1.58 bits per heavy atom. The van der Waals surface area contributed by atoms with Crippen LogP contribution in [-0.2, 0) is 0 Å². The molecule has 1 fully saturated rings. The van der Waals surface area contributed by atoms with Gasteiger partial charge in [0, 0.05) is 52.8 Å². The van der Waals surface area contributed by atoms with Crippen molar-refractivity contribution >= 4 is 0 Å². The fourth-order valence-electron chi connectivity index (χ4n) is 11.0. The lowest BCUT2D eigenvalue weighted by molar-refractivity contribution is 0.220. The fourth-order valence-corrected chi connectivity index (χ4v) is 11.0. The number of hydrogen-bond donors (Lipinski definition) is 0. The first-order valence-electron chi connectivity index (χ1n) is 19.7. The Bertz CT molecular complexity index is 1930. The second-order valence-corrected chi connectivity index (χ2v) is 15.9. The minimum absolute atomic E-state index is 0.408. The lowest BCUT2D eigenvalue weighted by Crippen LogP contribution is -2.38. The summed E-state index contributed by atoms with van der Waals surface area (Å²) < 4.78 is 0. The lowest BCUT2D eigenvalue weighted by atomic mass is 9.75. The molecule has 0 bridgehead atoms. The number of fused-ring (bicyclic) bond motifs is 5. The van der Waals surface area contributed by atoms with Gasteiger partial charge in [-0.05, 0) is 116 Å². The van der Waals surface area contributed by atoms with Crippen LogP contribution in [0.15, 0.2) is 173 Å². The molecule has 1 aromatic carbocycles. The molecule has 2 heterocycles. The first kappa shape index (κ1) is 30.5. The normalized spacial score (nSPS) is 33.9. The number of allylic oxidation sites excluding steroid dienone is 18. The topological polar surface area (TPSA) is 6.48 Å². The zero-order valence-electron chi connectivity index (χ0n) is 29.3. The SMILES string of the molecule is C1=CCCC(C2=CCCC(N3C4=C(C=C(C5=CC6C7C=CCCC7N(C7=CCC(c8ccccc8)C=C7)C6CC5)CC4)C4C=CC=CC43)=C2)=C1. The number of benzene rings is 1. The van der Waals surface area contributed by atoms with E-state index in [4.69, 9.17) is 0 Å². The highest BCUT2D eigenvalue weighted by molar-refractivity contribution is 5.54. The van der Waals surface area contributed by atoms with Crippen LogP contribution in [0.5, 0.6) is 0 Å². The van der Waals surface area contributed by atoms with Gasteiger partial charge in [0.1, 0.15) is 0 Å². The van der Waals surface area contributed by atoms with E-state index in [0.29, 0.717) is 41.8 Å². The van der Waals surface area contributed by atoms with E-state index in [1.807, 2.05) is 0 Å². The smallest absolute Gasteiger partial charge is 0.0623 e. The molecule has 0 amide bonds. The van der Waals surface area contributed by atoms with Crippen molar-refractivity contribution in [2.75, 3.05) is 0 Å². The van der Waals surface area contributed by atoms with Crippen LogP contribution in [0.1, 0.15) is 82.1 Å². The highest BCUT2D eigenvalue weighted by Gasteiger charge is 2.49. The maximum atomic E-state index is 2.89. The summed E-state index contributed by atoms with van der Waals surface area (Å²) in [6.07, 6.45) is 52.5. The van der Waals surface area contributed by atoms with E-state index in [1.165, 1.54) is 60.2 Å². The summed E-state index contributed by atoms with van der Waals surface area (Å²) in [5, 5.41) is 0. The molecular formula is C48H50N2. The number of hydrogen-bond acceptors (Lipinski definition) is 2. The van der Waals surface area contributed by atoms with Crippen molar-refractivity contribution in [1.82, 2.24) is 9.80 Å². The third-order valence-corrected chi connectivity index (χ3v) is 13.3. The third-order valence-electron chi connectivity index (χ3n) is 13.3. The molecule has 0 radical (unpaired) electrons. The first-order valence-corrected chi connectivity index (χ1v) is 19.7. The first-order chi connectivity index (χ1) is 24.8. The minimum Gasteiger partial charge on any atom is -0.365 e. The van der Waals surface area contributed by atoms with Gasteiger partial charge in [-0.15, -0.1) is 0 Å². The summed E-state index contributed by atoms with van der Waals surface area (Å²) in [5.41, 5.74) is 13.9. The van der Waals surface area contributed by atoms with Gasteiger partial charge >= 0.3 is 0 Å². The van der Waals surface area contributed by atoms with Crippen LogP contribution in [0.4, 0.5) is 0 Å². The van der Waals surface area contributed by atoms with E-state index >= 15 is 0 Å². The maximum Gasteiger partial charge on any atom is 0.0623 e. The monoisotopic (exact) mass is 654 g/mol. The van der Waals surface area contributed by atoms with E-state index in [2.05, 4.69) is 137 Å². The van der Waals surface area contributed by atoms with Gasteiger partial charge in [0.2, 0.25) is 0 Å². The quantitative estimate of drug-likeness (QED) is 0.292.